The smallest absolute Gasteiger partial charge is 0.129 e. The quantitative estimate of drug-likeness (QED) is 0.637. The van der Waals surface area contributed by atoms with Crippen LogP contribution >= 0.6 is 11.6 Å². The molecular formula is C24H29ClFNO. The van der Waals surface area contributed by atoms with Gasteiger partial charge in [0.05, 0.1) is 6.10 Å². The molecule has 1 fully saturated rings. The van der Waals surface area contributed by atoms with Crippen molar-refractivity contribution in [1.82, 2.24) is 4.90 Å². The van der Waals surface area contributed by atoms with Crippen molar-refractivity contribution in [2.45, 2.75) is 57.6 Å². The molecule has 0 aromatic heterocycles. The predicted octanol–water partition coefficient (Wildman–Crippen LogP) is 6.00. The van der Waals surface area contributed by atoms with Gasteiger partial charge in [-0.05, 0) is 80.3 Å². The van der Waals surface area contributed by atoms with Gasteiger partial charge in [-0.1, -0.05) is 42.3 Å². The number of aliphatic hydroxyl groups is 1. The summed E-state index contributed by atoms with van der Waals surface area (Å²) < 4.78 is 14.6. The van der Waals surface area contributed by atoms with Gasteiger partial charge >= 0.3 is 0 Å². The molecule has 0 spiro atoms. The van der Waals surface area contributed by atoms with E-state index in [4.69, 9.17) is 11.6 Å². The minimum absolute atomic E-state index is 0.0342. The summed E-state index contributed by atoms with van der Waals surface area (Å²) in [5.41, 5.74) is 4.32. The minimum Gasteiger partial charge on any atom is -0.388 e. The predicted molar refractivity (Wildman–Crippen MR) is 112 cm³/mol. The second-order valence-corrected chi connectivity index (χ2v) is 8.85. The molecule has 2 aliphatic rings. The lowest BCUT2D eigenvalue weighted by molar-refractivity contribution is 0.0903. The number of hydrogen-bond donors (Lipinski definition) is 1. The van der Waals surface area contributed by atoms with E-state index in [9.17, 15) is 9.50 Å². The van der Waals surface area contributed by atoms with Crippen LogP contribution in [-0.4, -0.2) is 23.1 Å². The van der Waals surface area contributed by atoms with Crippen molar-refractivity contribution in [2.24, 2.45) is 5.92 Å². The maximum atomic E-state index is 14.6. The Kier molecular flexibility index (Phi) is 6.05. The molecule has 28 heavy (non-hydrogen) atoms. The molecule has 150 valence electrons. The molecular weight excluding hydrogens is 373 g/mol. The van der Waals surface area contributed by atoms with Crippen molar-refractivity contribution in [3.8, 4) is 0 Å². The van der Waals surface area contributed by atoms with E-state index in [0.717, 1.165) is 57.2 Å². The highest BCUT2D eigenvalue weighted by Crippen LogP contribution is 2.39. The Morgan fingerprint density at radius 2 is 1.96 bits per heavy atom. The molecule has 1 aliphatic heterocycles. The van der Waals surface area contributed by atoms with Gasteiger partial charge in [0.1, 0.15) is 5.82 Å². The first-order valence-electron chi connectivity index (χ1n) is 10.5. The first-order chi connectivity index (χ1) is 13.5. The number of benzene rings is 2. The van der Waals surface area contributed by atoms with Gasteiger partial charge in [-0.3, -0.25) is 4.90 Å². The number of aryl methyl sites for hydroxylation is 1. The summed E-state index contributed by atoms with van der Waals surface area (Å²) in [6.45, 7) is 3.99. The second-order valence-electron chi connectivity index (χ2n) is 8.44. The normalized spacial score (nSPS) is 25.9. The number of likely N-dealkylation sites (tertiary alicyclic amines) is 1. The lowest BCUT2D eigenvalue weighted by Crippen LogP contribution is -2.38. The Bertz CT molecular complexity index is 819. The summed E-state index contributed by atoms with van der Waals surface area (Å²) in [4.78, 5) is 2.41. The van der Waals surface area contributed by atoms with E-state index < -0.39 is 6.10 Å². The first kappa shape index (κ1) is 19.9. The zero-order chi connectivity index (χ0) is 19.7. The number of halogens is 2. The molecule has 4 heteroatoms. The van der Waals surface area contributed by atoms with E-state index in [2.05, 4.69) is 24.0 Å². The molecule has 2 nitrogen and oxygen atoms in total. The summed E-state index contributed by atoms with van der Waals surface area (Å²) in [7, 11) is 0. The van der Waals surface area contributed by atoms with Crippen LogP contribution < -0.4 is 0 Å². The maximum Gasteiger partial charge on any atom is 0.129 e. The van der Waals surface area contributed by atoms with Crippen LogP contribution in [0.2, 0.25) is 5.02 Å². The van der Waals surface area contributed by atoms with Crippen molar-refractivity contribution in [3.63, 3.8) is 0 Å². The fraction of sp³-hybridized carbons (Fsp3) is 0.500. The molecule has 0 amide bonds. The average Bonchev–Trinajstić information content (AvgIpc) is 2.83. The molecule has 0 bridgehead atoms. The SMILES string of the molecule is Cc1cccc2c1CC[C@H](CN1CCCCC1c1c(F)cccc1Cl)C[C@@H]2O. The van der Waals surface area contributed by atoms with Crippen LogP contribution in [0, 0.1) is 18.7 Å². The molecule has 4 rings (SSSR count). The number of nitrogens with zero attached hydrogens (tertiary/aromatic N) is 1. The Morgan fingerprint density at radius 1 is 1.14 bits per heavy atom. The van der Waals surface area contributed by atoms with E-state index in [0.29, 0.717) is 16.5 Å². The molecule has 2 aromatic carbocycles. The summed E-state index contributed by atoms with van der Waals surface area (Å²) in [5.74, 6) is 0.196. The van der Waals surface area contributed by atoms with Gasteiger partial charge in [0.25, 0.3) is 0 Å². The Balaban J connectivity index is 1.54. The highest BCUT2D eigenvalue weighted by molar-refractivity contribution is 6.31. The molecule has 1 unspecified atom stereocenters. The third-order valence-electron chi connectivity index (χ3n) is 6.60. The van der Waals surface area contributed by atoms with Crippen LogP contribution in [-0.2, 0) is 6.42 Å². The number of piperidine rings is 1. The molecule has 0 radical (unpaired) electrons. The Hall–Kier alpha value is -1.42. The Labute approximate surface area is 172 Å². The minimum atomic E-state index is -0.414. The van der Waals surface area contributed by atoms with Crippen molar-refractivity contribution in [1.29, 1.82) is 0 Å². The van der Waals surface area contributed by atoms with Crippen LogP contribution in [0.5, 0.6) is 0 Å². The van der Waals surface area contributed by atoms with E-state index in [1.54, 1.807) is 12.1 Å². The maximum absolute atomic E-state index is 14.6. The van der Waals surface area contributed by atoms with Crippen LogP contribution in [0.4, 0.5) is 4.39 Å². The molecule has 0 saturated carbocycles. The Morgan fingerprint density at radius 3 is 2.79 bits per heavy atom. The molecule has 2 aromatic rings. The van der Waals surface area contributed by atoms with Crippen molar-refractivity contribution < 1.29 is 9.50 Å². The topological polar surface area (TPSA) is 23.5 Å². The molecule has 1 heterocycles. The summed E-state index contributed by atoms with van der Waals surface area (Å²) in [5, 5.41) is 11.4. The number of aliphatic hydroxyl groups excluding tert-OH is 1. The highest BCUT2D eigenvalue weighted by Gasteiger charge is 2.31. The van der Waals surface area contributed by atoms with Crippen molar-refractivity contribution in [2.75, 3.05) is 13.1 Å². The number of rotatable bonds is 3. The van der Waals surface area contributed by atoms with Crippen molar-refractivity contribution >= 4 is 11.6 Å². The fourth-order valence-electron chi connectivity index (χ4n) is 5.15. The van der Waals surface area contributed by atoms with E-state index >= 15 is 0 Å². The van der Waals surface area contributed by atoms with Gasteiger partial charge in [0.15, 0.2) is 0 Å². The molecule has 1 N–H and O–H groups in total. The summed E-state index contributed by atoms with van der Waals surface area (Å²) in [6.07, 6.45) is 5.59. The highest BCUT2D eigenvalue weighted by atomic mass is 35.5. The van der Waals surface area contributed by atoms with Crippen molar-refractivity contribution in [3.05, 3.63) is 69.5 Å². The van der Waals surface area contributed by atoms with Gasteiger partial charge < -0.3 is 5.11 Å². The monoisotopic (exact) mass is 401 g/mol. The number of fused-ring (bicyclic) bond motifs is 1. The van der Waals surface area contributed by atoms with Gasteiger partial charge in [-0.2, -0.15) is 0 Å². The van der Waals surface area contributed by atoms with Gasteiger partial charge in [-0.25, -0.2) is 4.39 Å². The van der Waals surface area contributed by atoms with Crippen LogP contribution in [0.15, 0.2) is 36.4 Å². The molecule has 1 saturated heterocycles. The standard InChI is InChI=1S/C24H29ClFNO/c1-16-6-4-7-19-18(16)12-11-17(14-23(19)28)15-27-13-3-2-10-22(27)24-20(25)8-5-9-21(24)26/h4-9,17,22-23,28H,2-3,10-15H2,1H3/t17-,22?,23-/m0/s1. The van der Waals surface area contributed by atoms with E-state index in [-0.39, 0.29) is 11.9 Å². The third-order valence-corrected chi connectivity index (χ3v) is 6.93. The van der Waals surface area contributed by atoms with Gasteiger partial charge in [-0.15, -0.1) is 0 Å². The first-order valence-corrected chi connectivity index (χ1v) is 10.9. The third kappa shape index (κ3) is 3.98. The lowest BCUT2D eigenvalue weighted by Gasteiger charge is -2.38. The molecule has 1 aliphatic carbocycles. The van der Waals surface area contributed by atoms with E-state index in [1.807, 2.05) is 6.07 Å². The van der Waals surface area contributed by atoms with E-state index in [1.165, 1.54) is 17.2 Å². The molecule has 3 atom stereocenters. The largest absolute Gasteiger partial charge is 0.388 e. The lowest BCUT2D eigenvalue weighted by atomic mass is 9.91. The average molecular weight is 402 g/mol. The van der Waals surface area contributed by atoms with Crippen LogP contribution in [0.3, 0.4) is 0 Å². The summed E-state index contributed by atoms with van der Waals surface area (Å²) >= 11 is 6.39. The van der Waals surface area contributed by atoms with Gasteiger partial charge in [0.2, 0.25) is 0 Å². The fourth-order valence-corrected chi connectivity index (χ4v) is 5.44. The second kappa shape index (κ2) is 8.52. The van der Waals surface area contributed by atoms with Crippen LogP contribution in [0.25, 0.3) is 0 Å². The number of hydrogen-bond acceptors (Lipinski definition) is 2. The summed E-state index contributed by atoms with van der Waals surface area (Å²) in [6, 6.07) is 11.3. The zero-order valence-corrected chi connectivity index (χ0v) is 17.3. The van der Waals surface area contributed by atoms with Gasteiger partial charge in [0, 0.05) is 23.2 Å². The van der Waals surface area contributed by atoms with Crippen LogP contribution in [0.1, 0.15) is 66.5 Å². The zero-order valence-electron chi connectivity index (χ0n) is 16.5.